The Balaban J connectivity index is 1.60. The minimum Gasteiger partial charge on any atom is -0.507 e. The zero-order valence-corrected chi connectivity index (χ0v) is 16.9. The van der Waals surface area contributed by atoms with E-state index in [9.17, 15) is 15.2 Å². The highest BCUT2D eigenvalue weighted by atomic mass is 16.5. The van der Waals surface area contributed by atoms with E-state index in [-0.39, 0.29) is 17.1 Å². The number of aliphatic hydroxyl groups is 1. The monoisotopic (exact) mass is 427 g/mol. The van der Waals surface area contributed by atoms with Gasteiger partial charge in [0, 0.05) is 0 Å². The van der Waals surface area contributed by atoms with Crippen LogP contribution in [0.25, 0.3) is 28.4 Å². The smallest absolute Gasteiger partial charge is 0.357 e. The van der Waals surface area contributed by atoms with Gasteiger partial charge in [0.05, 0.1) is 11.0 Å². The summed E-state index contributed by atoms with van der Waals surface area (Å²) >= 11 is 0. The van der Waals surface area contributed by atoms with Crippen molar-refractivity contribution in [2.75, 3.05) is 6.61 Å². The SMILES string of the molecule is Cc1nnnn1/C(=C\c1ccccc1)C(=O)OCC(O)=C(C#N)c1nc2ccccc2[nH]1. The number of imidazole rings is 1. The molecule has 0 bridgehead atoms. The Morgan fingerprint density at radius 3 is 2.66 bits per heavy atom. The number of ether oxygens (including phenoxy) is 1. The van der Waals surface area contributed by atoms with Crippen LogP contribution in [0.3, 0.4) is 0 Å². The quantitative estimate of drug-likeness (QED) is 0.207. The number of nitrogens with one attached hydrogen (secondary N) is 1. The van der Waals surface area contributed by atoms with Crippen molar-refractivity contribution in [3.05, 3.63) is 77.6 Å². The summed E-state index contributed by atoms with van der Waals surface area (Å²) in [5.74, 6) is -0.660. The van der Waals surface area contributed by atoms with Crippen LogP contribution in [-0.2, 0) is 9.53 Å². The fourth-order valence-corrected chi connectivity index (χ4v) is 2.97. The summed E-state index contributed by atoms with van der Waals surface area (Å²) in [6.07, 6.45) is 1.57. The van der Waals surface area contributed by atoms with Gasteiger partial charge in [-0.05, 0) is 41.1 Å². The fourth-order valence-electron chi connectivity index (χ4n) is 2.97. The predicted molar refractivity (Wildman–Crippen MR) is 115 cm³/mol. The Hall–Kier alpha value is -4.78. The number of aromatic nitrogens is 6. The number of H-pyrrole nitrogens is 1. The second kappa shape index (κ2) is 8.93. The molecule has 32 heavy (non-hydrogen) atoms. The first-order valence-corrected chi connectivity index (χ1v) is 9.53. The number of allylic oxidation sites excluding steroid dienone is 1. The third kappa shape index (κ3) is 4.22. The van der Waals surface area contributed by atoms with Crippen LogP contribution < -0.4 is 0 Å². The van der Waals surface area contributed by atoms with Gasteiger partial charge in [0.15, 0.2) is 23.1 Å². The molecular formula is C22H17N7O3. The van der Waals surface area contributed by atoms with Crippen LogP contribution >= 0.6 is 0 Å². The first-order valence-electron chi connectivity index (χ1n) is 9.53. The summed E-state index contributed by atoms with van der Waals surface area (Å²) in [5.41, 5.74) is 2.01. The van der Waals surface area contributed by atoms with Crippen LogP contribution in [0.2, 0.25) is 0 Å². The van der Waals surface area contributed by atoms with E-state index in [0.29, 0.717) is 16.9 Å². The minimum absolute atomic E-state index is 0.0498. The van der Waals surface area contributed by atoms with E-state index < -0.39 is 18.3 Å². The second-order valence-corrected chi connectivity index (χ2v) is 6.69. The third-order valence-corrected chi connectivity index (χ3v) is 4.53. The Morgan fingerprint density at radius 1 is 1.22 bits per heavy atom. The molecule has 4 aromatic rings. The van der Waals surface area contributed by atoms with Gasteiger partial charge in [-0.25, -0.2) is 9.78 Å². The molecule has 2 N–H and O–H groups in total. The summed E-state index contributed by atoms with van der Waals surface area (Å²) in [6, 6.07) is 18.2. The van der Waals surface area contributed by atoms with E-state index in [1.807, 2.05) is 36.4 Å². The third-order valence-electron chi connectivity index (χ3n) is 4.53. The minimum atomic E-state index is -0.780. The highest BCUT2D eigenvalue weighted by Crippen LogP contribution is 2.20. The number of carbonyl (C=O) groups is 1. The zero-order chi connectivity index (χ0) is 22.5. The van der Waals surface area contributed by atoms with Crippen LogP contribution in [0.1, 0.15) is 17.2 Å². The molecule has 10 nitrogen and oxygen atoms in total. The van der Waals surface area contributed by atoms with E-state index in [4.69, 9.17) is 4.74 Å². The molecule has 2 aromatic carbocycles. The molecule has 2 aromatic heterocycles. The lowest BCUT2D eigenvalue weighted by atomic mass is 10.2. The van der Waals surface area contributed by atoms with E-state index in [2.05, 4.69) is 25.5 Å². The number of aliphatic hydroxyl groups excluding tert-OH is 1. The average molecular weight is 427 g/mol. The van der Waals surface area contributed by atoms with Crippen molar-refractivity contribution in [1.82, 2.24) is 30.2 Å². The van der Waals surface area contributed by atoms with E-state index in [0.717, 1.165) is 5.56 Å². The van der Waals surface area contributed by atoms with Gasteiger partial charge in [-0.3, -0.25) is 0 Å². The van der Waals surface area contributed by atoms with E-state index in [1.54, 1.807) is 37.3 Å². The molecule has 0 aliphatic rings. The average Bonchev–Trinajstić information content (AvgIpc) is 3.43. The molecular weight excluding hydrogens is 410 g/mol. The van der Waals surface area contributed by atoms with Crippen LogP contribution in [0.15, 0.2) is 60.4 Å². The molecule has 0 radical (unpaired) electrons. The maximum Gasteiger partial charge on any atom is 0.357 e. The number of esters is 1. The maximum absolute atomic E-state index is 12.8. The van der Waals surface area contributed by atoms with Crippen molar-refractivity contribution < 1.29 is 14.6 Å². The standard InChI is InChI=1S/C22H17N7O3/c1-14-26-27-28-29(14)19(11-15-7-3-2-4-8-15)22(31)32-13-20(30)16(12-23)21-24-17-9-5-6-10-18(17)25-21/h2-11,30H,13H2,1H3,(H,24,25)/b19-11-,20-16?. The number of tetrazole rings is 1. The molecule has 0 aliphatic carbocycles. The second-order valence-electron chi connectivity index (χ2n) is 6.69. The van der Waals surface area contributed by atoms with Crippen LogP contribution in [0, 0.1) is 18.3 Å². The number of carbonyl (C=O) groups excluding carboxylic acids is 1. The lowest BCUT2D eigenvalue weighted by molar-refractivity contribution is -0.136. The van der Waals surface area contributed by atoms with Crippen molar-refractivity contribution in [2.24, 2.45) is 0 Å². The van der Waals surface area contributed by atoms with Gasteiger partial charge in [-0.2, -0.15) is 9.94 Å². The first kappa shape index (κ1) is 20.5. The number of aryl methyl sites for hydroxylation is 1. The molecule has 0 atom stereocenters. The molecule has 0 aliphatic heterocycles. The summed E-state index contributed by atoms with van der Waals surface area (Å²) < 4.78 is 6.51. The first-order chi connectivity index (χ1) is 15.6. The van der Waals surface area contributed by atoms with E-state index >= 15 is 0 Å². The van der Waals surface area contributed by atoms with Crippen LogP contribution in [-0.4, -0.2) is 47.9 Å². The van der Waals surface area contributed by atoms with Gasteiger partial charge in [0.25, 0.3) is 0 Å². The number of benzene rings is 2. The number of hydrogen-bond acceptors (Lipinski definition) is 8. The molecule has 158 valence electrons. The molecule has 0 saturated heterocycles. The normalized spacial score (nSPS) is 12.3. The molecule has 0 saturated carbocycles. The Bertz CT molecular complexity index is 1340. The Labute approximate surface area is 182 Å². The zero-order valence-electron chi connectivity index (χ0n) is 16.9. The van der Waals surface area contributed by atoms with Crippen LogP contribution in [0.4, 0.5) is 0 Å². The fraction of sp³-hybridized carbons (Fsp3) is 0.0909. The Morgan fingerprint density at radius 2 is 1.97 bits per heavy atom. The van der Waals surface area contributed by atoms with Crippen molar-refractivity contribution in [1.29, 1.82) is 5.26 Å². The number of para-hydroxylation sites is 2. The predicted octanol–water partition coefficient (Wildman–Crippen LogP) is 2.89. The van der Waals surface area contributed by atoms with Gasteiger partial charge >= 0.3 is 5.97 Å². The number of nitrogens with zero attached hydrogens (tertiary/aromatic N) is 6. The number of rotatable bonds is 6. The van der Waals surface area contributed by atoms with Gasteiger partial charge < -0.3 is 14.8 Å². The van der Waals surface area contributed by atoms with Gasteiger partial charge in [0.1, 0.15) is 18.2 Å². The molecule has 0 spiro atoms. The largest absolute Gasteiger partial charge is 0.507 e. The molecule has 2 heterocycles. The van der Waals surface area contributed by atoms with E-state index in [1.165, 1.54) is 4.68 Å². The summed E-state index contributed by atoms with van der Waals surface area (Å²) in [5, 5.41) is 31.2. The van der Waals surface area contributed by atoms with Crippen molar-refractivity contribution in [3.63, 3.8) is 0 Å². The topological polar surface area (TPSA) is 143 Å². The molecule has 0 amide bonds. The summed E-state index contributed by atoms with van der Waals surface area (Å²) in [7, 11) is 0. The van der Waals surface area contributed by atoms with Gasteiger partial charge in [-0.15, -0.1) is 5.10 Å². The molecule has 0 unspecified atom stereocenters. The number of nitriles is 1. The number of aromatic amines is 1. The van der Waals surface area contributed by atoms with Gasteiger partial charge in [-0.1, -0.05) is 42.5 Å². The molecule has 10 heteroatoms. The lowest BCUT2D eigenvalue weighted by Crippen LogP contribution is -2.16. The number of fused-ring (bicyclic) bond motifs is 1. The molecule has 4 rings (SSSR count). The Kier molecular flexibility index (Phi) is 5.72. The molecule has 0 fully saturated rings. The van der Waals surface area contributed by atoms with Crippen molar-refractivity contribution in [2.45, 2.75) is 6.92 Å². The highest BCUT2D eigenvalue weighted by molar-refractivity contribution is 6.15. The summed E-state index contributed by atoms with van der Waals surface area (Å²) in [6.45, 7) is 1.10. The maximum atomic E-state index is 12.8. The van der Waals surface area contributed by atoms with Crippen molar-refractivity contribution in [3.8, 4) is 6.07 Å². The van der Waals surface area contributed by atoms with Crippen LogP contribution in [0.5, 0.6) is 0 Å². The van der Waals surface area contributed by atoms with Crippen molar-refractivity contribution >= 4 is 34.3 Å². The lowest BCUT2D eigenvalue weighted by Gasteiger charge is -2.09. The van der Waals surface area contributed by atoms with Gasteiger partial charge in [0.2, 0.25) is 0 Å². The number of hydrogen-bond donors (Lipinski definition) is 2. The summed E-state index contributed by atoms with van der Waals surface area (Å²) in [4.78, 5) is 20.1. The highest BCUT2D eigenvalue weighted by Gasteiger charge is 2.20.